The summed E-state index contributed by atoms with van der Waals surface area (Å²) in [5.41, 5.74) is 0. The first-order chi connectivity index (χ1) is 12.6. The smallest absolute Gasteiger partial charge is 0.408 e. The van der Waals surface area contributed by atoms with Gasteiger partial charge in [0.05, 0.1) is 6.61 Å². The van der Waals surface area contributed by atoms with Crippen LogP contribution >= 0.6 is 0 Å². The number of hydrogen-bond acceptors (Lipinski definition) is 5. The Bertz CT molecular complexity index is 523. The third kappa shape index (κ3) is 11.9. The monoisotopic (exact) mass is 382 g/mol. The highest BCUT2D eigenvalue weighted by Gasteiger charge is 2.29. The fraction of sp³-hybridized carbons (Fsp3) is 0.750. The number of rotatable bonds is 11. The number of alkyl carbamates (subject to hydrolysis) is 1. The van der Waals surface area contributed by atoms with Crippen molar-refractivity contribution in [3.63, 3.8) is 0 Å². The van der Waals surface area contributed by atoms with Crippen molar-refractivity contribution in [1.29, 1.82) is 0 Å². The number of nitrogens with one attached hydrogen (secondary N) is 2. The molecule has 0 aromatic carbocycles. The van der Waals surface area contributed by atoms with Crippen LogP contribution in [0.2, 0.25) is 0 Å². The number of terminal acetylenes is 1. The average molecular weight is 383 g/mol. The highest BCUT2D eigenvalue weighted by molar-refractivity contribution is 5.89. The van der Waals surface area contributed by atoms with Crippen LogP contribution in [0.15, 0.2) is 0 Å². The second-order valence-corrected chi connectivity index (χ2v) is 7.82. The quantitative estimate of drug-likeness (QED) is 0.423. The fourth-order valence-electron chi connectivity index (χ4n) is 2.30. The summed E-state index contributed by atoms with van der Waals surface area (Å²) < 4.78 is 10.1. The van der Waals surface area contributed by atoms with E-state index in [1.165, 1.54) is 0 Å². The topological polar surface area (TPSA) is 93.7 Å². The minimum atomic E-state index is -0.831. The molecule has 0 bridgehead atoms. The molecule has 0 spiro atoms. The number of esters is 1. The van der Waals surface area contributed by atoms with Crippen molar-refractivity contribution >= 4 is 18.0 Å². The largest absolute Gasteiger partial charge is 0.464 e. The summed E-state index contributed by atoms with van der Waals surface area (Å²) in [7, 11) is 0. The van der Waals surface area contributed by atoms with E-state index in [4.69, 9.17) is 15.9 Å². The number of hydrogen-bond donors (Lipinski definition) is 2. The Morgan fingerprint density at radius 1 is 0.852 bits per heavy atom. The normalized spacial score (nSPS) is 13.0. The van der Waals surface area contributed by atoms with E-state index in [2.05, 4.69) is 16.6 Å². The Hall–Kier alpha value is -2.23. The molecule has 0 aliphatic carbocycles. The van der Waals surface area contributed by atoms with Crippen molar-refractivity contribution in [2.24, 2.45) is 17.8 Å². The van der Waals surface area contributed by atoms with E-state index in [-0.39, 0.29) is 31.0 Å². The molecule has 0 aliphatic rings. The number of ether oxygens (including phenoxy) is 2. The molecule has 154 valence electrons. The van der Waals surface area contributed by atoms with E-state index in [0.29, 0.717) is 12.8 Å². The zero-order valence-electron chi connectivity index (χ0n) is 17.3. The molecule has 27 heavy (non-hydrogen) atoms. The van der Waals surface area contributed by atoms with Crippen molar-refractivity contribution in [2.75, 3.05) is 13.2 Å². The second kappa shape index (κ2) is 13.0. The Kier molecular flexibility index (Phi) is 11.9. The fourth-order valence-corrected chi connectivity index (χ4v) is 2.30. The maximum absolute atomic E-state index is 12.7. The van der Waals surface area contributed by atoms with E-state index in [1.54, 1.807) is 0 Å². The molecule has 0 rings (SSSR count). The van der Waals surface area contributed by atoms with Gasteiger partial charge < -0.3 is 20.1 Å². The summed E-state index contributed by atoms with van der Waals surface area (Å²) in [6, 6.07) is -1.60. The predicted octanol–water partition coefficient (Wildman–Crippen LogP) is 2.49. The molecule has 2 N–H and O–H groups in total. The lowest BCUT2D eigenvalue weighted by Crippen LogP contribution is -2.52. The minimum Gasteiger partial charge on any atom is -0.464 e. The molecular weight excluding hydrogens is 348 g/mol. The van der Waals surface area contributed by atoms with Gasteiger partial charge in [0.2, 0.25) is 5.91 Å². The molecule has 0 aromatic heterocycles. The highest BCUT2D eigenvalue weighted by Crippen LogP contribution is 2.10. The number of carbonyl (C=O) groups is 3. The minimum absolute atomic E-state index is 0.144. The highest BCUT2D eigenvalue weighted by atomic mass is 16.5. The van der Waals surface area contributed by atoms with Crippen LogP contribution in [0.1, 0.15) is 54.4 Å². The van der Waals surface area contributed by atoms with Crippen LogP contribution in [0.4, 0.5) is 4.79 Å². The first-order valence-corrected chi connectivity index (χ1v) is 9.40. The molecule has 0 fully saturated rings. The first-order valence-electron chi connectivity index (χ1n) is 9.40. The van der Waals surface area contributed by atoms with Crippen LogP contribution in [-0.4, -0.2) is 43.3 Å². The molecule has 7 nitrogen and oxygen atoms in total. The van der Waals surface area contributed by atoms with Gasteiger partial charge in [-0.1, -0.05) is 47.5 Å². The van der Waals surface area contributed by atoms with Gasteiger partial charge in [0.25, 0.3) is 0 Å². The molecule has 0 heterocycles. The summed E-state index contributed by atoms with van der Waals surface area (Å²) >= 11 is 0. The van der Waals surface area contributed by atoms with Gasteiger partial charge in [0.1, 0.15) is 12.1 Å². The molecule has 2 unspecified atom stereocenters. The van der Waals surface area contributed by atoms with Gasteiger partial charge in [-0.15, -0.1) is 6.42 Å². The van der Waals surface area contributed by atoms with Crippen LogP contribution in [-0.2, 0) is 19.1 Å². The summed E-state index contributed by atoms with van der Waals surface area (Å²) in [5, 5.41) is 5.22. The van der Waals surface area contributed by atoms with Crippen molar-refractivity contribution in [1.82, 2.24) is 10.6 Å². The second-order valence-electron chi connectivity index (χ2n) is 7.82. The van der Waals surface area contributed by atoms with E-state index in [9.17, 15) is 14.4 Å². The molecular formula is C20H34N2O5. The van der Waals surface area contributed by atoms with Crippen LogP contribution in [0.5, 0.6) is 0 Å². The van der Waals surface area contributed by atoms with Gasteiger partial charge in [-0.2, -0.15) is 0 Å². The standard InChI is InChI=1S/C20H34N2O5/c1-8-9-26-20(25)22-16(10-13(2)3)18(23)21-17(11-14(4)5)19(24)27-12-15(6)7/h1,13-17H,9-12H2,2-7H3,(H,21,23)(H,22,25). The van der Waals surface area contributed by atoms with Crippen LogP contribution < -0.4 is 10.6 Å². The zero-order chi connectivity index (χ0) is 21.0. The average Bonchev–Trinajstić information content (AvgIpc) is 2.55. The summed E-state index contributed by atoms with van der Waals surface area (Å²) in [4.78, 5) is 36.8. The van der Waals surface area contributed by atoms with Crippen LogP contribution in [0.25, 0.3) is 0 Å². The summed E-state index contributed by atoms with van der Waals surface area (Å²) in [6.45, 7) is 11.7. The van der Waals surface area contributed by atoms with E-state index >= 15 is 0 Å². The predicted molar refractivity (Wildman–Crippen MR) is 104 cm³/mol. The van der Waals surface area contributed by atoms with Gasteiger partial charge in [-0.05, 0) is 30.6 Å². The first kappa shape index (κ1) is 24.8. The molecule has 2 amide bonds. The Morgan fingerprint density at radius 2 is 1.41 bits per heavy atom. The lowest BCUT2D eigenvalue weighted by atomic mass is 10.0. The molecule has 0 aliphatic heterocycles. The van der Waals surface area contributed by atoms with Crippen molar-refractivity contribution in [2.45, 2.75) is 66.5 Å². The zero-order valence-corrected chi connectivity index (χ0v) is 17.3. The third-order valence-electron chi connectivity index (χ3n) is 3.47. The van der Waals surface area contributed by atoms with E-state index in [1.807, 2.05) is 41.5 Å². The molecule has 2 atom stereocenters. The van der Waals surface area contributed by atoms with Gasteiger partial charge in [0.15, 0.2) is 6.61 Å². The van der Waals surface area contributed by atoms with E-state index < -0.39 is 30.1 Å². The maximum atomic E-state index is 12.7. The number of carbonyl (C=O) groups excluding carboxylic acids is 3. The number of amides is 2. The Balaban J connectivity index is 5.08. The molecule has 0 radical (unpaired) electrons. The van der Waals surface area contributed by atoms with E-state index in [0.717, 1.165) is 0 Å². The van der Waals surface area contributed by atoms with Crippen LogP contribution in [0, 0.1) is 30.1 Å². The van der Waals surface area contributed by atoms with Crippen LogP contribution in [0.3, 0.4) is 0 Å². The van der Waals surface area contributed by atoms with Gasteiger partial charge >= 0.3 is 12.1 Å². The van der Waals surface area contributed by atoms with Crippen molar-refractivity contribution < 1.29 is 23.9 Å². The van der Waals surface area contributed by atoms with Gasteiger partial charge in [-0.25, -0.2) is 9.59 Å². The SMILES string of the molecule is C#CCOC(=O)NC(CC(C)C)C(=O)NC(CC(C)C)C(=O)OCC(C)C. The molecule has 7 heteroatoms. The summed E-state index contributed by atoms with van der Waals surface area (Å²) in [6.07, 6.45) is 5.13. The van der Waals surface area contributed by atoms with Gasteiger partial charge in [-0.3, -0.25) is 4.79 Å². The molecule has 0 aromatic rings. The molecule has 0 saturated heterocycles. The Morgan fingerprint density at radius 3 is 1.89 bits per heavy atom. The van der Waals surface area contributed by atoms with Gasteiger partial charge in [0, 0.05) is 0 Å². The van der Waals surface area contributed by atoms with Crippen molar-refractivity contribution in [3.8, 4) is 12.3 Å². The Labute approximate surface area is 162 Å². The van der Waals surface area contributed by atoms with Crippen molar-refractivity contribution in [3.05, 3.63) is 0 Å². The maximum Gasteiger partial charge on any atom is 0.408 e. The lowest BCUT2D eigenvalue weighted by Gasteiger charge is -2.24. The molecule has 0 saturated carbocycles. The third-order valence-corrected chi connectivity index (χ3v) is 3.47. The lowest BCUT2D eigenvalue weighted by molar-refractivity contribution is -0.149. The summed E-state index contributed by atoms with van der Waals surface area (Å²) in [5.74, 6) is 1.79.